The lowest BCUT2D eigenvalue weighted by Crippen LogP contribution is -1.99. The minimum atomic E-state index is 0.871. The Morgan fingerprint density at radius 2 is 2.50 bits per heavy atom. The molecule has 4 heteroatoms. The molecule has 0 fully saturated rings. The normalized spacial score (nSPS) is 9.80. The van der Waals surface area contributed by atoms with Crippen LogP contribution in [0.5, 0.6) is 0 Å². The lowest BCUT2D eigenvalue weighted by atomic mass is 10.6. The summed E-state index contributed by atoms with van der Waals surface area (Å²) in [7, 11) is 0. The molecule has 0 aliphatic rings. The number of hydrogen-bond acceptors (Lipinski definition) is 3. The summed E-state index contributed by atoms with van der Waals surface area (Å²) in [5, 5.41) is 6.48. The summed E-state index contributed by atoms with van der Waals surface area (Å²) in [5.74, 6) is 0.871. The lowest BCUT2D eigenvalue weighted by molar-refractivity contribution is 1.25. The van der Waals surface area contributed by atoms with Crippen molar-refractivity contribution in [1.82, 2.24) is 0 Å². The van der Waals surface area contributed by atoms with E-state index in [0.717, 1.165) is 16.8 Å². The molecule has 1 rings (SSSR count). The van der Waals surface area contributed by atoms with E-state index < -0.39 is 0 Å². The van der Waals surface area contributed by atoms with E-state index >= 15 is 0 Å². The van der Waals surface area contributed by atoms with E-state index in [1.807, 2.05) is 0 Å². The molecule has 1 nitrogen and oxygen atoms in total. The molecule has 0 saturated carbocycles. The molecule has 1 N–H and O–H groups in total. The quantitative estimate of drug-likeness (QED) is 0.771. The van der Waals surface area contributed by atoms with Crippen molar-refractivity contribution in [3.63, 3.8) is 0 Å². The molecule has 0 aliphatic heterocycles. The van der Waals surface area contributed by atoms with E-state index in [1.54, 1.807) is 11.3 Å². The van der Waals surface area contributed by atoms with Crippen LogP contribution < -0.4 is 5.32 Å². The highest BCUT2D eigenvalue weighted by Crippen LogP contribution is 2.23. The molecule has 0 aliphatic carbocycles. The molecule has 0 bridgehead atoms. The van der Waals surface area contributed by atoms with E-state index in [1.165, 1.54) is 5.00 Å². The maximum Gasteiger partial charge on any atom is 0.0894 e. The second kappa shape index (κ2) is 4.26. The average Bonchev–Trinajstić information content (AvgIpc) is 2.31. The van der Waals surface area contributed by atoms with Gasteiger partial charge in [0.15, 0.2) is 0 Å². The number of thiophene rings is 1. The molecule has 0 saturated heterocycles. The third kappa shape index (κ3) is 2.52. The van der Waals surface area contributed by atoms with Gasteiger partial charge in [0, 0.05) is 22.2 Å². The molecular formula is C6H8BrNS2. The molecule has 1 heterocycles. The molecule has 1 aromatic heterocycles. The Morgan fingerprint density at radius 1 is 1.70 bits per heavy atom. The van der Waals surface area contributed by atoms with Gasteiger partial charge >= 0.3 is 0 Å². The third-order valence-electron chi connectivity index (χ3n) is 0.978. The Bertz CT molecular complexity index is 199. The Balaban J connectivity index is 2.42. The van der Waals surface area contributed by atoms with Gasteiger partial charge in [-0.15, -0.1) is 11.3 Å². The van der Waals surface area contributed by atoms with Crippen LogP contribution in [0.2, 0.25) is 0 Å². The molecular weight excluding hydrogens is 230 g/mol. The number of anilines is 1. The SMILES string of the molecule is SCCNc1cc(Br)cs1. The van der Waals surface area contributed by atoms with Crippen LogP contribution in [0.4, 0.5) is 5.00 Å². The third-order valence-corrected chi connectivity index (χ3v) is 2.85. The van der Waals surface area contributed by atoms with E-state index in [9.17, 15) is 0 Å². The first-order valence-corrected chi connectivity index (χ1v) is 5.22. The molecule has 0 radical (unpaired) electrons. The van der Waals surface area contributed by atoms with Crippen LogP contribution in [0, 0.1) is 0 Å². The van der Waals surface area contributed by atoms with E-state index in [-0.39, 0.29) is 0 Å². The zero-order valence-electron chi connectivity index (χ0n) is 5.30. The lowest BCUT2D eigenvalue weighted by Gasteiger charge is -1.96. The van der Waals surface area contributed by atoms with Gasteiger partial charge in [-0.25, -0.2) is 0 Å². The summed E-state index contributed by atoms with van der Waals surface area (Å²) >= 11 is 9.16. The Hall–Kier alpha value is 0.330. The van der Waals surface area contributed by atoms with Gasteiger partial charge in [-0.2, -0.15) is 12.6 Å². The van der Waals surface area contributed by atoms with E-state index in [4.69, 9.17) is 0 Å². The molecule has 10 heavy (non-hydrogen) atoms. The summed E-state index contributed by atoms with van der Waals surface area (Å²) < 4.78 is 1.14. The highest BCUT2D eigenvalue weighted by Gasteiger charge is 1.93. The molecule has 0 aromatic carbocycles. The summed E-state index contributed by atoms with van der Waals surface area (Å²) in [5.41, 5.74) is 0. The summed E-state index contributed by atoms with van der Waals surface area (Å²) in [4.78, 5) is 0. The van der Waals surface area contributed by atoms with Gasteiger partial charge in [0.25, 0.3) is 0 Å². The van der Waals surface area contributed by atoms with Crippen LogP contribution in [0.3, 0.4) is 0 Å². The van der Waals surface area contributed by atoms with Crippen molar-refractivity contribution in [1.29, 1.82) is 0 Å². The van der Waals surface area contributed by atoms with Crippen LogP contribution in [0.15, 0.2) is 15.9 Å². The second-order valence-electron chi connectivity index (χ2n) is 1.78. The predicted octanol–water partition coefficient (Wildman–Crippen LogP) is 2.85. The number of rotatable bonds is 3. The predicted molar refractivity (Wildman–Crippen MR) is 54.4 cm³/mol. The van der Waals surface area contributed by atoms with E-state index in [2.05, 4.69) is 45.3 Å². The van der Waals surface area contributed by atoms with Crippen LogP contribution in [0.25, 0.3) is 0 Å². The Labute approximate surface area is 78.4 Å². The molecule has 0 amide bonds. The highest BCUT2D eigenvalue weighted by atomic mass is 79.9. The van der Waals surface area contributed by atoms with Crippen molar-refractivity contribution in [2.24, 2.45) is 0 Å². The van der Waals surface area contributed by atoms with Gasteiger partial charge in [0.2, 0.25) is 0 Å². The van der Waals surface area contributed by atoms with Crippen LogP contribution in [-0.4, -0.2) is 12.3 Å². The zero-order valence-corrected chi connectivity index (χ0v) is 8.60. The van der Waals surface area contributed by atoms with Crippen LogP contribution in [-0.2, 0) is 0 Å². The van der Waals surface area contributed by atoms with Gasteiger partial charge in [-0.05, 0) is 22.0 Å². The minimum Gasteiger partial charge on any atom is -0.376 e. The Morgan fingerprint density at radius 3 is 3.00 bits per heavy atom. The Kier molecular flexibility index (Phi) is 3.59. The highest BCUT2D eigenvalue weighted by molar-refractivity contribution is 9.10. The summed E-state index contributed by atoms with van der Waals surface area (Å²) in [6, 6.07) is 2.06. The molecule has 0 atom stereocenters. The molecule has 1 aromatic rings. The number of thiol groups is 1. The van der Waals surface area contributed by atoms with Gasteiger partial charge < -0.3 is 5.32 Å². The zero-order chi connectivity index (χ0) is 7.40. The minimum absolute atomic E-state index is 0.871. The van der Waals surface area contributed by atoms with Crippen molar-refractivity contribution in [2.75, 3.05) is 17.6 Å². The second-order valence-corrected chi connectivity index (χ2v) is 4.05. The molecule has 0 unspecified atom stereocenters. The smallest absolute Gasteiger partial charge is 0.0894 e. The van der Waals surface area contributed by atoms with Crippen molar-refractivity contribution in [3.8, 4) is 0 Å². The molecule has 56 valence electrons. The number of nitrogens with one attached hydrogen (secondary N) is 1. The van der Waals surface area contributed by atoms with Crippen molar-refractivity contribution < 1.29 is 0 Å². The largest absolute Gasteiger partial charge is 0.376 e. The first-order chi connectivity index (χ1) is 4.83. The number of hydrogen-bond donors (Lipinski definition) is 2. The van der Waals surface area contributed by atoms with Gasteiger partial charge in [-0.3, -0.25) is 0 Å². The van der Waals surface area contributed by atoms with Crippen molar-refractivity contribution >= 4 is 44.9 Å². The fourth-order valence-corrected chi connectivity index (χ4v) is 2.05. The standard InChI is InChI=1S/C6H8BrNS2/c7-5-3-6(10-4-5)8-1-2-9/h3-4,8-9H,1-2H2. The van der Waals surface area contributed by atoms with E-state index in [0.29, 0.717) is 0 Å². The first kappa shape index (κ1) is 8.43. The summed E-state index contributed by atoms with van der Waals surface area (Å²) in [6.45, 7) is 0.927. The van der Waals surface area contributed by atoms with Crippen molar-refractivity contribution in [3.05, 3.63) is 15.9 Å². The van der Waals surface area contributed by atoms with Gasteiger partial charge in [0.05, 0.1) is 5.00 Å². The van der Waals surface area contributed by atoms with Gasteiger partial charge in [-0.1, -0.05) is 0 Å². The topological polar surface area (TPSA) is 12.0 Å². The fourth-order valence-electron chi connectivity index (χ4n) is 0.585. The maximum atomic E-state index is 4.09. The summed E-state index contributed by atoms with van der Waals surface area (Å²) in [6.07, 6.45) is 0. The average molecular weight is 238 g/mol. The fraction of sp³-hybridized carbons (Fsp3) is 0.333. The maximum absolute atomic E-state index is 4.09. The van der Waals surface area contributed by atoms with Crippen LogP contribution in [0.1, 0.15) is 0 Å². The first-order valence-electron chi connectivity index (χ1n) is 2.91. The van der Waals surface area contributed by atoms with Crippen LogP contribution >= 0.6 is 39.9 Å². The van der Waals surface area contributed by atoms with Crippen molar-refractivity contribution in [2.45, 2.75) is 0 Å². The number of halogens is 1. The van der Waals surface area contributed by atoms with Gasteiger partial charge in [0.1, 0.15) is 0 Å². The molecule has 0 spiro atoms. The monoisotopic (exact) mass is 237 g/mol.